The Morgan fingerprint density at radius 2 is 1.73 bits per heavy atom. The highest BCUT2D eigenvalue weighted by Gasteiger charge is 2.35. The lowest BCUT2D eigenvalue weighted by molar-refractivity contribution is 0.156. The summed E-state index contributed by atoms with van der Waals surface area (Å²) in [6.07, 6.45) is 2.20. The fourth-order valence-electron chi connectivity index (χ4n) is 4.46. The number of halogens is 1. The predicted molar refractivity (Wildman–Crippen MR) is 128 cm³/mol. The molecule has 0 bridgehead atoms. The van der Waals surface area contributed by atoms with Crippen LogP contribution in [0.2, 0.25) is 0 Å². The summed E-state index contributed by atoms with van der Waals surface area (Å²) in [7, 11) is 4.88. The monoisotopic (exact) mass is 477 g/mol. The molecule has 2 N–H and O–H groups in total. The maximum atomic E-state index is 13.0. The second-order valence-corrected chi connectivity index (χ2v) is 9.37. The molecule has 0 saturated carbocycles. The van der Waals surface area contributed by atoms with Crippen LogP contribution in [0.25, 0.3) is 0 Å². The molecule has 4 rings (SSSR count). The third kappa shape index (κ3) is 5.26. The van der Waals surface area contributed by atoms with Gasteiger partial charge in [-0.2, -0.15) is 0 Å². The van der Waals surface area contributed by atoms with E-state index in [4.69, 9.17) is 24.7 Å². The van der Waals surface area contributed by atoms with Gasteiger partial charge in [-0.15, -0.1) is 0 Å². The number of likely N-dealkylation sites (tertiary alicyclic amines) is 1. The minimum absolute atomic E-state index is 0.173. The highest BCUT2D eigenvalue weighted by Crippen LogP contribution is 2.54. The zero-order valence-corrected chi connectivity index (χ0v) is 20.2. The van der Waals surface area contributed by atoms with Crippen LogP contribution in [0.1, 0.15) is 12.8 Å². The van der Waals surface area contributed by atoms with Gasteiger partial charge in [-0.3, -0.25) is 4.90 Å². The van der Waals surface area contributed by atoms with Crippen molar-refractivity contribution in [3.05, 3.63) is 36.1 Å². The fraction of sp³-hybridized carbons (Fsp3) is 0.500. The number of hydrogen-bond donors (Lipinski definition) is 1. The van der Waals surface area contributed by atoms with Gasteiger partial charge in [0, 0.05) is 19.2 Å². The van der Waals surface area contributed by atoms with Crippen molar-refractivity contribution in [3.63, 3.8) is 0 Å². The molecular weight excluding hydrogens is 445 g/mol. The van der Waals surface area contributed by atoms with Gasteiger partial charge in [0.2, 0.25) is 5.75 Å². The molecule has 180 valence electrons. The van der Waals surface area contributed by atoms with Crippen molar-refractivity contribution in [2.24, 2.45) is 11.7 Å². The molecule has 0 aromatic heterocycles. The van der Waals surface area contributed by atoms with Crippen LogP contribution in [0, 0.1) is 11.7 Å². The third-order valence-electron chi connectivity index (χ3n) is 6.27. The van der Waals surface area contributed by atoms with Gasteiger partial charge in [0.05, 0.1) is 31.9 Å². The van der Waals surface area contributed by atoms with Crippen LogP contribution in [0.3, 0.4) is 0 Å². The largest absolute Gasteiger partial charge is 0.493 e. The number of nitrogens with two attached hydrogens (primary N) is 1. The van der Waals surface area contributed by atoms with Crippen molar-refractivity contribution < 1.29 is 23.3 Å². The van der Waals surface area contributed by atoms with Crippen molar-refractivity contribution in [1.29, 1.82) is 0 Å². The Morgan fingerprint density at radius 3 is 2.36 bits per heavy atom. The zero-order valence-electron chi connectivity index (χ0n) is 19.4. The Hall–Kier alpha value is -2.36. The number of ether oxygens (including phenoxy) is 4. The topological polar surface area (TPSA) is 69.4 Å². The lowest BCUT2D eigenvalue weighted by Gasteiger charge is -2.35. The van der Waals surface area contributed by atoms with Crippen molar-refractivity contribution in [1.82, 2.24) is 4.90 Å². The molecule has 0 amide bonds. The highest BCUT2D eigenvalue weighted by molar-refractivity contribution is 8.00. The van der Waals surface area contributed by atoms with Crippen LogP contribution in [0.4, 0.5) is 10.1 Å². The number of fused-ring (bicyclic) bond motifs is 1. The minimum Gasteiger partial charge on any atom is -0.493 e. The molecule has 1 saturated heterocycles. The standard InChI is InChI=1S/C24H32FN3O4S/c1-29-20-14-19-23(22(31-3)21(20)30-2)33-24(26)28(19)15-16-8-10-27(11-9-16)12-13-32-18-6-4-17(25)5-7-18/h4-7,14,16,24H,8-13,15,26H2,1-3H3. The molecule has 1 fully saturated rings. The summed E-state index contributed by atoms with van der Waals surface area (Å²) in [5.41, 5.74) is 7.38. The average molecular weight is 478 g/mol. The number of hydrogen-bond acceptors (Lipinski definition) is 8. The van der Waals surface area contributed by atoms with Crippen LogP contribution in [0.5, 0.6) is 23.0 Å². The summed E-state index contributed by atoms with van der Waals surface area (Å²) in [6.45, 7) is 4.39. The normalized spacial score (nSPS) is 18.8. The van der Waals surface area contributed by atoms with Crippen LogP contribution >= 0.6 is 11.8 Å². The van der Waals surface area contributed by atoms with E-state index in [0.29, 0.717) is 35.5 Å². The number of anilines is 1. The van der Waals surface area contributed by atoms with Gasteiger partial charge in [-0.05, 0) is 56.1 Å². The Labute approximate surface area is 198 Å². The molecule has 2 aromatic carbocycles. The van der Waals surface area contributed by atoms with Gasteiger partial charge in [0.15, 0.2) is 11.5 Å². The molecule has 0 spiro atoms. The molecule has 2 aromatic rings. The van der Waals surface area contributed by atoms with E-state index in [0.717, 1.165) is 49.6 Å². The van der Waals surface area contributed by atoms with Crippen molar-refractivity contribution in [2.45, 2.75) is 23.2 Å². The molecule has 0 aliphatic carbocycles. The zero-order chi connectivity index (χ0) is 23.4. The number of rotatable bonds is 9. The van der Waals surface area contributed by atoms with E-state index in [1.54, 1.807) is 45.2 Å². The van der Waals surface area contributed by atoms with Gasteiger partial charge >= 0.3 is 0 Å². The first kappa shape index (κ1) is 23.8. The Bertz CT molecular complexity index is 938. The van der Waals surface area contributed by atoms with Gasteiger partial charge in [0.1, 0.15) is 23.7 Å². The summed E-state index contributed by atoms with van der Waals surface area (Å²) in [6, 6.07) is 8.16. The van der Waals surface area contributed by atoms with E-state index in [1.807, 2.05) is 6.07 Å². The van der Waals surface area contributed by atoms with E-state index >= 15 is 0 Å². The van der Waals surface area contributed by atoms with Crippen molar-refractivity contribution in [3.8, 4) is 23.0 Å². The predicted octanol–water partition coefficient (Wildman–Crippen LogP) is 3.80. The van der Waals surface area contributed by atoms with Gasteiger partial charge < -0.3 is 29.6 Å². The van der Waals surface area contributed by atoms with Crippen LogP contribution in [0.15, 0.2) is 35.2 Å². The van der Waals surface area contributed by atoms with E-state index in [1.165, 1.54) is 12.1 Å². The lowest BCUT2D eigenvalue weighted by atomic mass is 9.96. The van der Waals surface area contributed by atoms with Gasteiger partial charge in [-0.25, -0.2) is 4.39 Å². The van der Waals surface area contributed by atoms with Crippen molar-refractivity contribution in [2.75, 3.05) is 59.0 Å². The Balaban J connectivity index is 1.32. The summed E-state index contributed by atoms with van der Waals surface area (Å²) >= 11 is 1.59. The number of piperidine rings is 1. The lowest BCUT2D eigenvalue weighted by Crippen LogP contribution is -2.43. The van der Waals surface area contributed by atoms with E-state index in [2.05, 4.69) is 9.80 Å². The summed E-state index contributed by atoms with van der Waals surface area (Å²) in [5.74, 6) is 2.91. The molecule has 2 heterocycles. The highest BCUT2D eigenvalue weighted by atomic mass is 32.2. The average Bonchev–Trinajstić information content (AvgIpc) is 3.14. The fourth-order valence-corrected chi connectivity index (χ4v) is 5.61. The number of methoxy groups -OCH3 is 3. The maximum Gasteiger partial charge on any atom is 0.204 e. The molecule has 1 unspecified atom stereocenters. The van der Waals surface area contributed by atoms with Crippen LogP contribution < -0.4 is 29.6 Å². The maximum absolute atomic E-state index is 13.0. The smallest absolute Gasteiger partial charge is 0.204 e. The number of thioether (sulfide) groups is 1. The van der Waals surface area contributed by atoms with E-state index in [-0.39, 0.29) is 11.3 Å². The second kappa shape index (κ2) is 10.7. The van der Waals surface area contributed by atoms with E-state index in [9.17, 15) is 4.39 Å². The molecule has 2 aliphatic rings. The Morgan fingerprint density at radius 1 is 1.03 bits per heavy atom. The molecule has 7 nitrogen and oxygen atoms in total. The first-order chi connectivity index (χ1) is 16.0. The van der Waals surface area contributed by atoms with Crippen LogP contribution in [-0.2, 0) is 0 Å². The van der Waals surface area contributed by atoms with Gasteiger partial charge in [-0.1, -0.05) is 11.8 Å². The molecule has 1 atom stereocenters. The summed E-state index contributed by atoms with van der Waals surface area (Å²) < 4.78 is 35.5. The SMILES string of the molecule is COc1cc2c(c(OC)c1OC)SC(N)N2CC1CCN(CCOc2ccc(F)cc2)CC1. The number of benzene rings is 2. The molecular formula is C24H32FN3O4S. The second-order valence-electron chi connectivity index (χ2n) is 8.24. The van der Waals surface area contributed by atoms with Crippen LogP contribution in [-0.4, -0.2) is 64.5 Å². The molecule has 0 radical (unpaired) electrons. The van der Waals surface area contributed by atoms with Crippen molar-refractivity contribution >= 4 is 17.4 Å². The molecule has 2 aliphatic heterocycles. The van der Waals surface area contributed by atoms with E-state index < -0.39 is 0 Å². The summed E-state index contributed by atoms with van der Waals surface area (Å²) in [4.78, 5) is 5.67. The van der Waals surface area contributed by atoms with Gasteiger partial charge in [0.25, 0.3) is 0 Å². The minimum atomic E-state index is -0.251. The quantitative estimate of drug-likeness (QED) is 0.585. The Kier molecular flexibility index (Phi) is 7.72. The summed E-state index contributed by atoms with van der Waals surface area (Å²) in [5, 5.41) is 0. The first-order valence-corrected chi connectivity index (χ1v) is 12.0. The third-order valence-corrected chi connectivity index (χ3v) is 7.40. The number of nitrogens with zero attached hydrogens (tertiary/aromatic N) is 2. The first-order valence-electron chi connectivity index (χ1n) is 11.2. The molecule has 9 heteroatoms. The molecule has 33 heavy (non-hydrogen) atoms.